The second-order valence-corrected chi connectivity index (χ2v) is 5.72. The van der Waals surface area contributed by atoms with Crippen molar-refractivity contribution in [1.82, 2.24) is 4.98 Å². The number of benzene rings is 1. The van der Waals surface area contributed by atoms with Gasteiger partial charge in [0.2, 0.25) is 5.89 Å². The Kier molecular flexibility index (Phi) is 4.57. The third kappa shape index (κ3) is 3.79. The molecule has 0 aliphatic rings. The van der Waals surface area contributed by atoms with Crippen molar-refractivity contribution in [1.29, 1.82) is 0 Å². The Morgan fingerprint density at radius 2 is 2.17 bits per heavy atom. The Hall–Kier alpha value is -3.13. The third-order valence-corrected chi connectivity index (χ3v) is 3.86. The minimum Gasteiger partial charge on any atom is -0.455 e. The molecule has 2 heterocycles. The fraction of sp³-hybridized carbons (Fsp3) is 0.0625. The van der Waals surface area contributed by atoms with Gasteiger partial charge in [0.25, 0.3) is 0 Å². The van der Waals surface area contributed by atoms with Crippen molar-refractivity contribution in [3.8, 4) is 10.8 Å². The molecule has 2 aromatic heterocycles. The van der Waals surface area contributed by atoms with Crippen LogP contribution in [0.15, 0.2) is 52.5 Å². The monoisotopic (exact) mass is 343 g/mol. The highest BCUT2D eigenvalue weighted by atomic mass is 32.1. The topological polar surface area (TPSA) is 107 Å². The first-order valence-electron chi connectivity index (χ1n) is 6.94. The second-order valence-electron chi connectivity index (χ2n) is 4.77. The van der Waals surface area contributed by atoms with E-state index in [4.69, 9.17) is 14.9 Å². The van der Waals surface area contributed by atoms with Gasteiger partial charge in [-0.05, 0) is 29.6 Å². The minimum atomic E-state index is -0.704. The molecule has 3 N–H and O–H groups in total. The SMILES string of the molecule is NC(=O)Nc1cccc(C(=O)OCc2coc(-c3cccs3)n2)c1. The standard InChI is InChI=1S/C16H13N3O4S/c17-16(21)19-11-4-1-3-10(7-11)15(20)23-9-12-8-22-14(18-12)13-5-2-6-24-13/h1-8H,9H2,(H3,17,19,21). The summed E-state index contributed by atoms with van der Waals surface area (Å²) in [6.07, 6.45) is 1.45. The first-order valence-corrected chi connectivity index (χ1v) is 7.82. The molecule has 1 aromatic carbocycles. The minimum absolute atomic E-state index is 0.0127. The van der Waals surface area contributed by atoms with Gasteiger partial charge in [-0.15, -0.1) is 11.3 Å². The smallest absolute Gasteiger partial charge is 0.338 e. The largest absolute Gasteiger partial charge is 0.455 e. The number of oxazole rings is 1. The van der Waals surface area contributed by atoms with Gasteiger partial charge in [0.1, 0.15) is 18.6 Å². The number of aromatic nitrogens is 1. The fourth-order valence-electron chi connectivity index (χ4n) is 1.98. The summed E-state index contributed by atoms with van der Waals surface area (Å²) in [4.78, 5) is 28.1. The summed E-state index contributed by atoms with van der Waals surface area (Å²) >= 11 is 1.51. The zero-order chi connectivity index (χ0) is 16.9. The lowest BCUT2D eigenvalue weighted by molar-refractivity contribution is 0.0468. The van der Waals surface area contributed by atoms with E-state index in [9.17, 15) is 9.59 Å². The number of esters is 1. The lowest BCUT2D eigenvalue weighted by Crippen LogP contribution is -2.19. The maximum atomic E-state index is 12.1. The van der Waals surface area contributed by atoms with E-state index in [0.717, 1.165) is 4.88 Å². The lowest BCUT2D eigenvalue weighted by Gasteiger charge is -2.05. The van der Waals surface area contributed by atoms with Crippen molar-refractivity contribution < 1.29 is 18.7 Å². The molecule has 0 fully saturated rings. The number of urea groups is 1. The molecule has 0 aliphatic carbocycles. The number of ether oxygens (including phenoxy) is 1. The average molecular weight is 343 g/mol. The number of rotatable bonds is 5. The molecule has 24 heavy (non-hydrogen) atoms. The molecule has 3 aromatic rings. The van der Waals surface area contributed by atoms with E-state index in [1.54, 1.807) is 18.2 Å². The number of hydrogen-bond donors (Lipinski definition) is 2. The maximum absolute atomic E-state index is 12.1. The quantitative estimate of drug-likeness (QED) is 0.691. The molecular formula is C16H13N3O4S. The Labute approximate surface area is 141 Å². The Balaban J connectivity index is 1.62. The summed E-state index contributed by atoms with van der Waals surface area (Å²) in [5, 5.41) is 4.32. The Morgan fingerprint density at radius 3 is 2.92 bits per heavy atom. The zero-order valence-corrected chi connectivity index (χ0v) is 13.2. The summed E-state index contributed by atoms with van der Waals surface area (Å²) in [5.74, 6) is -0.0486. The van der Waals surface area contributed by atoms with E-state index in [1.807, 2.05) is 17.5 Å². The fourth-order valence-corrected chi connectivity index (χ4v) is 2.63. The highest BCUT2D eigenvalue weighted by Crippen LogP contribution is 2.24. The number of thiophene rings is 1. The number of amides is 2. The maximum Gasteiger partial charge on any atom is 0.338 e. The zero-order valence-electron chi connectivity index (χ0n) is 12.4. The van der Waals surface area contributed by atoms with Gasteiger partial charge in [-0.2, -0.15) is 0 Å². The van der Waals surface area contributed by atoms with Gasteiger partial charge in [-0.25, -0.2) is 14.6 Å². The molecule has 8 heteroatoms. The molecule has 3 rings (SSSR count). The van der Waals surface area contributed by atoms with Crippen LogP contribution in [0.5, 0.6) is 0 Å². The van der Waals surface area contributed by atoms with Crippen LogP contribution in [0.2, 0.25) is 0 Å². The molecule has 0 atom stereocenters. The van der Waals surface area contributed by atoms with Crippen molar-refractivity contribution in [2.24, 2.45) is 5.73 Å². The number of nitrogens with two attached hydrogens (primary N) is 1. The van der Waals surface area contributed by atoms with Crippen LogP contribution in [0.1, 0.15) is 16.1 Å². The number of anilines is 1. The molecule has 0 saturated carbocycles. The molecule has 122 valence electrons. The van der Waals surface area contributed by atoms with Crippen LogP contribution in [0, 0.1) is 0 Å². The number of nitrogens with one attached hydrogen (secondary N) is 1. The summed E-state index contributed by atoms with van der Waals surface area (Å²) in [5.41, 5.74) is 6.27. The van der Waals surface area contributed by atoms with Gasteiger partial charge in [0, 0.05) is 5.69 Å². The molecular weight excluding hydrogens is 330 g/mol. The first kappa shape index (κ1) is 15.8. The van der Waals surface area contributed by atoms with Crippen LogP contribution < -0.4 is 11.1 Å². The van der Waals surface area contributed by atoms with Gasteiger partial charge >= 0.3 is 12.0 Å². The van der Waals surface area contributed by atoms with Crippen molar-refractivity contribution in [2.45, 2.75) is 6.61 Å². The van der Waals surface area contributed by atoms with E-state index in [0.29, 0.717) is 22.8 Å². The number of carbonyl (C=O) groups excluding carboxylic acids is 2. The van der Waals surface area contributed by atoms with Gasteiger partial charge in [-0.1, -0.05) is 12.1 Å². The van der Waals surface area contributed by atoms with Gasteiger partial charge < -0.3 is 20.2 Å². The van der Waals surface area contributed by atoms with Crippen LogP contribution in [0.3, 0.4) is 0 Å². The van der Waals surface area contributed by atoms with Crippen LogP contribution in [0.25, 0.3) is 10.8 Å². The van der Waals surface area contributed by atoms with Crippen molar-refractivity contribution in [2.75, 3.05) is 5.32 Å². The molecule has 7 nitrogen and oxygen atoms in total. The Morgan fingerprint density at radius 1 is 1.29 bits per heavy atom. The van der Waals surface area contributed by atoms with E-state index in [-0.39, 0.29) is 6.61 Å². The molecule has 0 spiro atoms. The summed E-state index contributed by atoms with van der Waals surface area (Å²) in [6, 6.07) is 9.38. The molecule has 0 radical (unpaired) electrons. The van der Waals surface area contributed by atoms with E-state index >= 15 is 0 Å². The third-order valence-electron chi connectivity index (χ3n) is 3.00. The van der Waals surface area contributed by atoms with Crippen LogP contribution in [-0.4, -0.2) is 17.0 Å². The van der Waals surface area contributed by atoms with Crippen LogP contribution >= 0.6 is 11.3 Å². The van der Waals surface area contributed by atoms with Crippen molar-refractivity contribution in [3.63, 3.8) is 0 Å². The van der Waals surface area contributed by atoms with Gasteiger partial charge in [-0.3, -0.25) is 0 Å². The number of hydrogen-bond acceptors (Lipinski definition) is 6. The predicted molar refractivity (Wildman–Crippen MR) is 88.6 cm³/mol. The molecule has 2 amide bonds. The van der Waals surface area contributed by atoms with E-state index in [1.165, 1.54) is 23.7 Å². The van der Waals surface area contributed by atoms with Crippen LogP contribution in [0.4, 0.5) is 10.5 Å². The molecule has 0 bridgehead atoms. The van der Waals surface area contributed by atoms with E-state index < -0.39 is 12.0 Å². The van der Waals surface area contributed by atoms with Crippen molar-refractivity contribution in [3.05, 3.63) is 59.3 Å². The molecule has 0 aliphatic heterocycles. The summed E-state index contributed by atoms with van der Waals surface area (Å²) < 4.78 is 10.6. The highest BCUT2D eigenvalue weighted by molar-refractivity contribution is 7.13. The summed E-state index contributed by atoms with van der Waals surface area (Å²) in [6.45, 7) is -0.0127. The number of carbonyl (C=O) groups is 2. The van der Waals surface area contributed by atoms with Crippen molar-refractivity contribution >= 4 is 29.0 Å². The normalized spacial score (nSPS) is 10.3. The lowest BCUT2D eigenvalue weighted by atomic mass is 10.2. The highest BCUT2D eigenvalue weighted by Gasteiger charge is 2.12. The van der Waals surface area contributed by atoms with E-state index in [2.05, 4.69) is 10.3 Å². The number of nitrogens with zero attached hydrogens (tertiary/aromatic N) is 1. The molecule has 0 saturated heterocycles. The first-order chi connectivity index (χ1) is 11.6. The average Bonchev–Trinajstić information content (AvgIpc) is 3.23. The van der Waals surface area contributed by atoms with Crippen LogP contribution in [-0.2, 0) is 11.3 Å². The van der Waals surface area contributed by atoms with Gasteiger partial charge in [0.15, 0.2) is 0 Å². The van der Waals surface area contributed by atoms with Gasteiger partial charge in [0.05, 0.1) is 10.4 Å². The Bertz CT molecular complexity index is 858. The molecule has 0 unspecified atom stereocenters. The summed E-state index contributed by atoms with van der Waals surface area (Å²) in [7, 11) is 0. The predicted octanol–water partition coefficient (Wildman–Crippen LogP) is 3.25. The second kappa shape index (κ2) is 6.97. The number of primary amides is 1.